The predicted molar refractivity (Wildman–Crippen MR) is 303 cm³/mol. The topological polar surface area (TPSA) is 3.24 Å². The third kappa shape index (κ3) is 7.51. The van der Waals surface area contributed by atoms with Crippen molar-refractivity contribution in [2.45, 2.75) is 5.41 Å². The van der Waals surface area contributed by atoms with Crippen LogP contribution in [0, 0.1) is 0 Å². The van der Waals surface area contributed by atoms with Gasteiger partial charge in [-0.2, -0.15) is 0 Å². The molecule has 12 aromatic rings. The Morgan fingerprint density at radius 3 is 1.31 bits per heavy atom. The number of anilines is 3. The lowest BCUT2D eigenvalue weighted by Gasteiger charge is -2.34. The van der Waals surface area contributed by atoms with Crippen molar-refractivity contribution >= 4 is 27.8 Å². The summed E-state index contributed by atoms with van der Waals surface area (Å²) in [5, 5.41) is 2.51. The van der Waals surface area contributed by atoms with E-state index in [4.69, 9.17) is 0 Å². The van der Waals surface area contributed by atoms with Gasteiger partial charge < -0.3 is 4.90 Å². The van der Waals surface area contributed by atoms with Crippen LogP contribution in [0.2, 0.25) is 0 Å². The van der Waals surface area contributed by atoms with E-state index in [0.717, 1.165) is 22.6 Å². The van der Waals surface area contributed by atoms with Crippen LogP contribution in [-0.4, -0.2) is 0 Å². The molecule has 0 fully saturated rings. The van der Waals surface area contributed by atoms with Crippen LogP contribution in [0.25, 0.3) is 77.5 Å². The maximum absolute atomic E-state index is 2.39. The first-order chi connectivity index (χ1) is 35.7. The van der Waals surface area contributed by atoms with Gasteiger partial charge in [0.05, 0.1) is 5.41 Å². The van der Waals surface area contributed by atoms with Crippen molar-refractivity contribution in [3.8, 4) is 66.8 Å². The van der Waals surface area contributed by atoms with Crippen LogP contribution in [0.4, 0.5) is 17.1 Å². The van der Waals surface area contributed by atoms with E-state index in [0.29, 0.717) is 0 Å². The quantitative estimate of drug-likeness (QED) is 0.132. The number of nitrogens with zero attached hydrogens (tertiary/aromatic N) is 1. The highest BCUT2D eigenvalue weighted by Crippen LogP contribution is 2.58. The summed E-state index contributed by atoms with van der Waals surface area (Å²) in [6.07, 6.45) is 0. The first kappa shape index (κ1) is 42.8. The molecule has 0 atom stereocenters. The van der Waals surface area contributed by atoms with Gasteiger partial charge in [0.1, 0.15) is 0 Å². The Bertz CT molecular complexity index is 3840. The summed E-state index contributed by atoms with van der Waals surface area (Å²) < 4.78 is 0. The Balaban J connectivity index is 0.896. The zero-order valence-electron chi connectivity index (χ0n) is 39.7. The van der Waals surface area contributed by atoms with Gasteiger partial charge >= 0.3 is 0 Å². The van der Waals surface area contributed by atoms with Crippen molar-refractivity contribution < 1.29 is 0 Å². The molecule has 0 radical (unpaired) electrons. The number of hydrogen-bond donors (Lipinski definition) is 0. The predicted octanol–water partition coefficient (Wildman–Crippen LogP) is 19.0. The molecule has 72 heavy (non-hydrogen) atoms. The molecule has 1 heteroatoms. The van der Waals surface area contributed by atoms with Crippen LogP contribution in [-0.2, 0) is 5.41 Å². The number of rotatable bonds is 10. The summed E-state index contributed by atoms with van der Waals surface area (Å²) in [6, 6.07) is 109. The Hall–Kier alpha value is -9.30. The van der Waals surface area contributed by atoms with Gasteiger partial charge in [-0.25, -0.2) is 0 Å². The van der Waals surface area contributed by atoms with Gasteiger partial charge in [0.2, 0.25) is 0 Å². The third-order valence-corrected chi connectivity index (χ3v) is 14.8. The van der Waals surface area contributed by atoms with Gasteiger partial charge in [-0.1, -0.05) is 249 Å². The molecule has 12 aromatic carbocycles. The van der Waals surface area contributed by atoms with E-state index in [1.165, 1.54) is 94.2 Å². The fourth-order valence-electron chi connectivity index (χ4n) is 11.3. The molecule has 0 spiro atoms. The SMILES string of the molecule is c1ccc(-c2cccc(-c3cccc(N(c4ccc(-c5ccc(-c6ccc7ccccc7c6)cc5)cc4)c4ccc(-c5cccc6c5-c5ccccc5C6(c5ccccc5)c5ccccc5)cc4)c3)c2)cc1. The zero-order valence-corrected chi connectivity index (χ0v) is 39.7. The van der Waals surface area contributed by atoms with Crippen molar-refractivity contribution in [3.05, 3.63) is 320 Å². The molecule has 1 aliphatic carbocycles. The van der Waals surface area contributed by atoms with Crippen LogP contribution < -0.4 is 4.90 Å². The van der Waals surface area contributed by atoms with Gasteiger partial charge in [0.15, 0.2) is 0 Å². The third-order valence-electron chi connectivity index (χ3n) is 14.8. The van der Waals surface area contributed by atoms with E-state index >= 15 is 0 Å². The molecule has 0 unspecified atom stereocenters. The second kappa shape index (κ2) is 18.2. The summed E-state index contributed by atoms with van der Waals surface area (Å²) in [7, 11) is 0. The fraction of sp³-hybridized carbons (Fsp3) is 0.0141. The van der Waals surface area contributed by atoms with Crippen LogP contribution >= 0.6 is 0 Å². The Labute approximate surface area is 422 Å². The minimum Gasteiger partial charge on any atom is -0.310 e. The Morgan fingerprint density at radius 1 is 0.222 bits per heavy atom. The molecule has 1 nitrogen and oxygen atoms in total. The zero-order chi connectivity index (χ0) is 47.8. The van der Waals surface area contributed by atoms with E-state index in [1.54, 1.807) is 0 Å². The van der Waals surface area contributed by atoms with Crippen molar-refractivity contribution in [3.63, 3.8) is 0 Å². The van der Waals surface area contributed by atoms with Crippen LogP contribution in [0.15, 0.2) is 297 Å². The van der Waals surface area contributed by atoms with E-state index in [-0.39, 0.29) is 0 Å². The van der Waals surface area contributed by atoms with Crippen LogP contribution in [0.5, 0.6) is 0 Å². The molecule has 0 saturated heterocycles. The highest BCUT2D eigenvalue weighted by Gasteiger charge is 2.46. The monoisotopic (exact) mass is 915 g/mol. The molecule has 0 heterocycles. The van der Waals surface area contributed by atoms with Crippen molar-refractivity contribution in [2.75, 3.05) is 4.90 Å². The van der Waals surface area contributed by atoms with Gasteiger partial charge in [-0.05, 0) is 148 Å². The number of fused-ring (bicyclic) bond motifs is 4. The summed E-state index contributed by atoms with van der Waals surface area (Å²) in [5.41, 5.74) is 22.4. The average molecular weight is 916 g/mol. The lowest BCUT2D eigenvalue weighted by molar-refractivity contribution is 0.768. The fourth-order valence-corrected chi connectivity index (χ4v) is 11.3. The maximum Gasteiger partial charge on any atom is 0.0713 e. The molecule has 13 rings (SSSR count). The van der Waals surface area contributed by atoms with Gasteiger partial charge in [0, 0.05) is 17.1 Å². The van der Waals surface area contributed by atoms with Crippen molar-refractivity contribution in [1.29, 1.82) is 0 Å². The standard InChI is InChI=1S/C71H49N/c1-4-17-50(18-5-1)57-21-14-22-58(47-57)59-23-15-28-65(49-59)72(63-43-39-53(40-44-63)52-33-35-54(36-34-52)60-38-37-51-19-10-11-20-56(51)48-60)64-45-41-55(42-46-64)66-30-16-32-69-70(66)67-29-12-13-31-68(67)71(69,61-24-6-2-7-25-61)62-26-8-3-9-27-62/h1-49H. The minimum absolute atomic E-state index is 0.460. The summed E-state index contributed by atoms with van der Waals surface area (Å²) in [6.45, 7) is 0. The molecular formula is C71H49N. The van der Waals surface area contributed by atoms with Crippen LogP contribution in [0.1, 0.15) is 22.3 Å². The Kier molecular flexibility index (Phi) is 10.8. The van der Waals surface area contributed by atoms with Crippen LogP contribution in [0.3, 0.4) is 0 Å². The first-order valence-electron chi connectivity index (χ1n) is 24.9. The van der Waals surface area contributed by atoms with Gasteiger partial charge in [-0.15, -0.1) is 0 Å². The maximum atomic E-state index is 2.39. The van der Waals surface area contributed by atoms with Crippen molar-refractivity contribution in [1.82, 2.24) is 0 Å². The molecule has 0 N–H and O–H groups in total. The molecular weight excluding hydrogens is 867 g/mol. The highest BCUT2D eigenvalue weighted by atomic mass is 15.1. The van der Waals surface area contributed by atoms with E-state index < -0.39 is 5.41 Å². The van der Waals surface area contributed by atoms with E-state index in [9.17, 15) is 0 Å². The molecule has 0 aromatic heterocycles. The highest BCUT2D eigenvalue weighted by molar-refractivity contribution is 5.96. The molecule has 1 aliphatic rings. The number of hydrogen-bond acceptors (Lipinski definition) is 1. The van der Waals surface area contributed by atoms with Crippen molar-refractivity contribution in [2.24, 2.45) is 0 Å². The molecule has 338 valence electrons. The number of benzene rings is 12. The Morgan fingerprint density at radius 2 is 0.639 bits per heavy atom. The summed E-state index contributed by atoms with van der Waals surface area (Å²) >= 11 is 0. The molecule has 0 bridgehead atoms. The van der Waals surface area contributed by atoms with Gasteiger partial charge in [0.25, 0.3) is 0 Å². The lowest BCUT2D eigenvalue weighted by atomic mass is 9.67. The summed E-state index contributed by atoms with van der Waals surface area (Å²) in [4.78, 5) is 2.39. The minimum atomic E-state index is -0.460. The van der Waals surface area contributed by atoms with Gasteiger partial charge in [-0.3, -0.25) is 0 Å². The second-order valence-corrected chi connectivity index (χ2v) is 18.8. The largest absolute Gasteiger partial charge is 0.310 e. The van der Waals surface area contributed by atoms with E-state index in [2.05, 4.69) is 302 Å². The smallest absolute Gasteiger partial charge is 0.0713 e. The molecule has 0 amide bonds. The lowest BCUT2D eigenvalue weighted by Crippen LogP contribution is -2.28. The second-order valence-electron chi connectivity index (χ2n) is 18.8. The summed E-state index contributed by atoms with van der Waals surface area (Å²) in [5.74, 6) is 0. The first-order valence-corrected chi connectivity index (χ1v) is 24.9. The molecule has 0 saturated carbocycles. The van der Waals surface area contributed by atoms with E-state index in [1.807, 2.05) is 0 Å². The molecule has 0 aliphatic heterocycles. The normalized spacial score (nSPS) is 12.3. The average Bonchev–Trinajstić information content (AvgIpc) is 3.78.